The number of hydrogen-bond donors (Lipinski definition) is 1. The first-order valence-corrected chi connectivity index (χ1v) is 9.19. The van der Waals surface area contributed by atoms with Crippen molar-refractivity contribution in [1.82, 2.24) is 20.4 Å². The van der Waals surface area contributed by atoms with Gasteiger partial charge < -0.3 is 19.5 Å². The van der Waals surface area contributed by atoms with Crippen LogP contribution in [0.2, 0.25) is 5.02 Å². The van der Waals surface area contributed by atoms with Crippen molar-refractivity contribution < 1.29 is 9.26 Å². The maximum Gasteiger partial charge on any atom is 0.248 e. The van der Waals surface area contributed by atoms with Crippen LogP contribution in [0, 0.1) is 5.92 Å². The number of guanidine groups is 1. The first-order valence-electron chi connectivity index (χ1n) is 8.81. The summed E-state index contributed by atoms with van der Waals surface area (Å²) in [5.41, 5.74) is 0.860. The SMILES string of the molecule is CCNC(=NCc1nc(-c2ccc(Cl)cc2)no1)N(C)CC1CCOC1.I. The fourth-order valence-electron chi connectivity index (χ4n) is 2.85. The summed E-state index contributed by atoms with van der Waals surface area (Å²) in [7, 11) is 2.03. The van der Waals surface area contributed by atoms with E-state index >= 15 is 0 Å². The average molecular weight is 506 g/mol. The summed E-state index contributed by atoms with van der Waals surface area (Å²) in [5.74, 6) is 2.38. The van der Waals surface area contributed by atoms with Crippen LogP contribution in [0.1, 0.15) is 19.2 Å². The first-order chi connectivity index (χ1) is 12.7. The van der Waals surface area contributed by atoms with Gasteiger partial charge in [0.2, 0.25) is 11.7 Å². The van der Waals surface area contributed by atoms with Crippen molar-refractivity contribution in [2.75, 3.05) is 33.4 Å². The van der Waals surface area contributed by atoms with Gasteiger partial charge in [-0.05, 0) is 37.6 Å². The van der Waals surface area contributed by atoms with Crippen molar-refractivity contribution in [1.29, 1.82) is 0 Å². The Bertz CT molecular complexity index is 732. The van der Waals surface area contributed by atoms with Gasteiger partial charge in [-0.2, -0.15) is 4.98 Å². The Balaban J connectivity index is 0.00000261. The van der Waals surface area contributed by atoms with E-state index in [1.165, 1.54) is 0 Å². The summed E-state index contributed by atoms with van der Waals surface area (Å²) >= 11 is 5.91. The lowest BCUT2D eigenvalue weighted by atomic mass is 10.1. The molecule has 1 atom stereocenters. The van der Waals surface area contributed by atoms with Crippen LogP contribution in [-0.4, -0.2) is 54.4 Å². The topological polar surface area (TPSA) is 75.8 Å². The lowest BCUT2D eigenvalue weighted by Crippen LogP contribution is -2.41. The molecule has 1 unspecified atom stereocenters. The molecule has 0 saturated carbocycles. The van der Waals surface area contributed by atoms with Crippen molar-refractivity contribution in [3.05, 3.63) is 35.2 Å². The monoisotopic (exact) mass is 505 g/mol. The van der Waals surface area contributed by atoms with E-state index in [-0.39, 0.29) is 24.0 Å². The van der Waals surface area contributed by atoms with Gasteiger partial charge in [-0.15, -0.1) is 24.0 Å². The Hall–Kier alpha value is -1.39. The molecule has 1 aromatic carbocycles. The van der Waals surface area contributed by atoms with Crippen LogP contribution in [0.3, 0.4) is 0 Å². The Morgan fingerprint density at radius 2 is 2.15 bits per heavy atom. The number of ether oxygens (including phenoxy) is 1. The molecule has 1 N–H and O–H groups in total. The average Bonchev–Trinajstić information content (AvgIpc) is 3.31. The van der Waals surface area contributed by atoms with Crippen molar-refractivity contribution in [2.24, 2.45) is 10.9 Å². The van der Waals surface area contributed by atoms with Crippen LogP contribution in [0.25, 0.3) is 11.4 Å². The maximum absolute atomic E-state index is 5.91. The summed E-state index contributed by atoms with van der Waals surface area (Å²) in [6.45, 7) is 5.75. The third-order valence-electron chi connectivity index (χ3n) is 4.19. The van der Waals surface area contributed by atoms with E-state index in [1.54, 1.807) is 12.1 Å². The van der Waals surface area contributed by atoms with Gasteiger partial charge in [-0.3, -0.25) is 0 Å². The third-order valence-corrected chi connectivity index (χ3v) is 4.44. The highest BCUT2D eigenvalue weighted by molar-refractivity contribution is 14.0. The molecule has 9 heteroatoms. The number of nitrogens with zero attached hydrogens (tertiary/aromatic N) is 4. The Labute approximate surface area is 181 Å². The maximum atomic E-state index is 5.91. The molecule has 148 valence electrons. The number of rotatable bonds is 6. The molecule has 0 radical (unpaired) electrons. The first kappa shape index (κ1) is 21.9. The quantitative estimate of drug-likeness (QED) is 0.368. The minimum Gasteiger partial charge on any atom is -0.381 e. The highest BCUT2D eigenvalue weighted by Gasteiger charge is 2.19. The zero-order valence-corrected chi connectivity index (χ0v) is 18.6. The van der Waals surface area contributed by atoms with Gasteiger partial charge >= 0.3 is 0 Å². The van der Waals surface area contributed by atoms with E-state index in [1.807, 2.05) is 26.1 Å². The zero-order chi connectivity index (χ0) is 18.4. The fourth-order valence-corrected chi connectivity index (χ4v) is 2.97. The molecule has 0 aliphatic carbocycles. The molecule has 27 heavy (non-hydrogen) atoms. The number of aromatic nitrogens is 2. The van der Waals surface area contributed by atoms with Crippen LogP contribution < -0.4 is 5.32 Å². The summed E-state index contributed by atoms with van der Waals surface area (Å²) < 4.78 is 10.8. The second-order valence-corrected chi connectivity index (χ2v) is 6.74. The molecule has 0 spiro atoms. The number of halogens is 2. The molecule has 1 aromatic heterocycles. The standard InChI is InChI=1S/C18H24ClN5O2.HI/c1-3-20-18(24(2)11-13-8-9-25-12-13)21-10-16-22-17(23-26-16)14-4-6-15(19)7-5-14;/h4-7,13H,3,8-12H2,1-2H3,(H,20,21);1H. The van der Waals surface area contributed by atoms with Gasteiger partial charge in [-0.1, -0.05) is 16.8 Å². The molecule has 0 amide bonds. The minimum atomic E-state index is 0. The van der Waals surface area contributed by atoms with E-state index in [4.69, 9.17) is 20.9 Å². The lowest BCUT2D eigenvalue weighted by molar-refractivity contribution is 0.181. The van der Waals surface area contributed by atoms with E-state index in [0.717, 1.165) is 44.2 Å². The van der Waals surface area contributed by atoms with Crippen molar-refractivity contribution in [2.45, 2.75) is 19.9 Å². The fraction of sp³-hybridized carbons (Fsp3) is 0.500. The van der Waals surface area contributed by atoms with Crippen LogP contribution in [-0.2, 0) is 11.3 Å². The van der Waals surface area contributed by atoms with Gasteiger partial charge in [0.25, 0.3) is 0 Å². The van der Waals surface area contributed by atoms with Gasteiger partial charge in [-0.25, -0.2) is 4.99 Å². The molecule has 1 aliphatic rings. The molecule has 2 aromatic rings. The van der Waals surface area contributed by atoms with E-state index in [2.05, 4.69) is 25.3 Å². The molecule has 3 rings (SSSR count). The molecular weight excluding hydrogens is 481 g/mol. The highest BCUT2D eigenvalue weighted by Crippen LogP contribution is 2.19. The Morgan fingerprint density at radius 3 is 2.81 bits per heavy atom. The number of aliphatic imine (C=N–C) groups is 1. The van der Waals surface area contributed by atoms with Crippen LogP contribution in [0.15, 0.2) is 33.8 Å². The predicted octanol–water partition coefficient (Wildman–Crippen LogP) is 3.44. The van der Waals surface area contributed by atoms with Gasteiger partial charge in [0.15, 0.2) is 5.96 Å². The van der Waals surface area contributed by atoms with Gasteiger partial charge in [0.1, 0.15) is 6.54 Å². The molecular formula is C18H25ClIN5O2. The summed E-state index contributed by atoms with van der Waals surface area (Å²) in [6, 6.07) is 7.33. The molecule has 0 bridgehead atoms. The van der Waals surface area contributed by atoms with Gasteiger partial charge in [0, 0.05) is 43.2 Å². The number of hydrogen-bond acceptors (Lipinski definition) is 5. The molecule has 2 heterocycles. The zero-order valence-electron chi connectivity index (χ0n) is 15.5. The number of nitrogens with one attached hydrogen (secondary N) is 1. The van der Waals surface area contributed by atoms with Crippen molar-refractivity contribution in [3.63, 3.8) is 0 Å². The second kappa shape index (κ2) is 10.8. The summed E-state index contributed by atoms with van der Waals surface area (Å²) in [4.78, 5) is 11.2. The Kier molecular flexibility index (Phi) is 8.78. The molecule has 1 fully saturated rings. The Morgan fingerprint density at radius 1 is 1.37 bits per heavy atom. The van der Waals surface area contributed by atoms with Crippen molar-refractivity contribution in [3.8, 4) is 11.4 Å². The molecule has 7 nitrogen and oxygen atoms in total. The van der Waals surface area contributed by atoms with Crippen molar-refractivity contribution >= 4 is 41.5 Å². The summed E-state index contributed by atoms with van der Waals surface area (Å²) in [5, 5.41) is 8.00. The smallest absolute Gasteiger partial charge is 0.248 e. The van der Waals surface area contributed by atoms with Gasteiger partial charge in [0.05, 0.1) is 6.61 Å². The van der Waals surface area contributed by atoms with E-state index in [0.29, 0.717) is 29.2 Å². The van der Waals surface area contributed by atoms with Crippen LogP contribution in [0.4, 0.5) is 0 Å². The minimum absolute atomic E-state index is 0. The number of benzene rings is 1. The van der Waals surface area contributed by atoms with E-state index < -0.39 is 0 Å². The highest BCUT2D eigenvalue weighted by atomic mass is 127. The predicted molar refractivity (Wildman–Crippen MR) is 117 cm³/mol. The lowest BCUT2D eigenvalue weighted by Gasteiger charge is -2.24. The summed E-state index contributed by atoms with van der Waals surface area (Å²) in [6.07, 6.45) is 1.10. The largest absolute Gasteiger partial charge is 0.381 e. The molecule has 1 aliphatic heterocycles. The van der Waals surface area contributed by atoms with E-state index in [9.17, 15) is 0 Å². The van der Waals surface area contributed by atoms with Crippen LogP contribution in [0.5, 0.6) is 0 Å². The third kappa shape index (κ3) is 6.32. The normalized spacial score (nSPS) is 16.9. The second-order valence-electron chi connectivity index (χ2n) is 6.30. The van der Waals surface area contributed by atoms with Crippen LogP contribution >= 0.6 is 35.6 Å². The molecule has 1 saturated heterocycles.